The lowest BCUT2D eigenvalue weighted by atomic mass is 10.5. The van der Waals surface area contributed by atoms with E-state index in [0.717, 1.165) is 0 Å². The molecule has 0 amide bonds. The second-order valence-electron chi connectivity index (χ2n) is 1.19. The predicted octanol–water partition coefficient (Wildman–Crippen LogP) is 1.56. The van der Waals surface area contributed by atoms with Crippen molar-refractivity contribution in [2.75, 3.05) is 0 Å². The van der Waals surface area contributed by atoms with Gasteiger partial charge in [-0.1, -0.05) is 0 Å². The molecule has 52 valence electrons. The van der Waals surface area contributed by atoms with Crippen molar-refractivity contribution >= 4 is 18.9 Å². The molecule has 0 heterocycles. The Bertz CT molecular complexity index is 137. The summed E-state index contributed by atoms with van der Waals surface area (Å²) in [5, 5.41) is 0. The molecule has 0 spiro atoms. The fourth-order valence-corrected chi connectivity index (χ4v) is 0.220. The zero-order valence-corrected chi connectivity index (χ0v) is 5.04. The normalized spacial score (nSPS) is 13.6. The lowest BCUT2D eigenvalue weighted by Crippen LogP contribution is -2.06. The van der Waals surface area contributed by atoms with Gasteiger partial charge in [0.25, 0.3) is 0 Å². The first kappa shape index (κ1) is 8.55. The molecular formula is C4H3F3OS. The molecule has 0 atom stereocenters. The molecule has 0 aromatic carbocycles. The van der Waals surface area contributed by atoms with Crippen molar-refractivity contribution in [1.29, 1.82) is 0 Å². The third-order valence-electron chi connectivity index (χ3n) is 0.516. The van der Waals surface area contributed by atoms with Crippen molar-refractivity contribution in [2.45, 2.75) is 6.18 Å². The van der Waals surface area contributed by atoms with E-state index in [0.29, 0.717) is 6.08 Å². The molecule has 9 heavy (non-hydrogen) atoms. The Morgan fingerprint density at radius 2 is 1.89 bits per heavy atom. The number of carbonyl (C=O) groups excluding carboxylic acids is 1. The van der Waals surface area contributed by atoms with E-state index in [1.807, 2.05) is 0 Å². The van der Waals surface area contributed by atoms with Crippen LogP contribution < -0.4 is 0 Å². The van der Waals surface area contributed by atoms with Gasteiger partial charge >= 0.3 is 6.18 Å². The molecule has 0 aliphatic heterocycles. The summed E-state index contributed by atoms with van der Waals surface area (Å²) in [6.07, 6.45) is -4.11. The van der Waals surface area contributed by atoms with Gasteiger partial charge in [-0.25, -0.2) is 0 Å². The van der Waals surface area contributed by atoms with E-state index in [1.54, 1.807) is 0 Å². The highest BCUT2D eigenvalue weighted by atomic mass is 32.1. The predicted molar refractivity (Wildman–Crippen MR) is 29.2 cm³/mol. The molecule has 0 aliphatic rings. The van der Waals surface area contributed by atoms with Crippen molar-refractivity contribution < 1.29 is 18.0 Å². The van der Waals surface area contributed by atoms with Gasteiger partial charge in [0.2, 0.25) is 0 Å². The molecule has 0 aromatic heterocycles. The van der Waals surface area contributed by atoms with Crippen molar-refractivity contribution in [2.24, 2.45) is 0 Å². The smallest absolute Gasteiger partial charge is 0.299 e. The van der Waals surface area contributed by atoms with Crippen LogP contribution in [0.5, 0.6) is 0 Å². The fourth-order valence-electron chi connectivity index (χ4n) is 0.159. The fraction of sp³-hybridized carbons (Fsp3) is 0.250. The standard InChI is InChI=1S/C4H3F3OS/c5-4(6,7)3(9)1-2-8/h1-2,9H. The Labute approximate surface area is 55.0 Å². The first-order chi connectivity index (χ1) is 3.98. The summed E-state index contributed by atoms with van der Waals surface area (Å²) in [5.74, 6) is 0. The van der Waals surface area contributed by atoms with Gasteiger partial charge in [-0.05, 0) is 6.08 Å². The van der Waals surface area contributed by atoms with Crippen molar-refractivity contribution in [1.82, 2.24) is 0 Å². The first-order valence-electron chi connectivity index (χ1n) is 1.90. The summed E-state index contributed by atoms with van der Waals surface area (Å²) in [6, 6.07) is 0. The van der Waals surface area contributed by atoms with Gasteiger partial charge in [-0.15, -0.1) is 12.6 Å². The zero-order valence-electron chi connectivity index (χ0n) is 4.14. The van der Waals surface area contributed by atoms with Crippen LogP contribution >= 0.6 is 12.6 Å². The van der Waals surface area contributed by atoms with Crippen LogP contribution in [0.15, 0.2) is 11.0 Å². The Morgan fingerprint density at radius 3 is 2.00 bits per heavy atom. The van der Waals surface area contributed by atoms with Crippen LogP contribution in [0.25, 0.3) is 0 Å². The van der Waals surface area contributed by atoms with E-state index in [2.05, 4.69) is 12.6 Å². The first-order valence-corrected chi connectivity index (χ1v) is 2.35. The minimum Gasteiger partial charge on any atom is -0.299 e. The maximum atomic E-state index is 11.3. The van der Waals surface area contributed by atoms with Gasteiger partial charge in [-0.3, -0.25) is 4.79 Å². The number of alkyl halides is 3. The molecule has 0 N–H and O–H groups in total. The molecule has 5 heteroatoms. The number of hydrogen-bond donors (Lipinski definition) is 1. The summed E-state index contributed by atoms with van der Waals surface area (Å²) < 4.78 is 34.0. The summed E-state index contributed by atoms with van der Waals surface area (Å²) >= 11 is 3.00. The van der Waals surface area contributed by atoms with E-state index >= 15 is 0 Å². The largest absolute Gasteiger partial charge is 0.422 e. The third kappa shape index (κ3) is 3.18. The lowest BCUT2D eigenvalue weighted by molar-refractivity contribution is -0.105. The maximum absolute atomic E-state index is 11.3. The Balaban J connectivity index is 4.19. The van der Waals surface area contributed by atoms with Crippen molar-refractivity contribution in [3.8, 4) is 0 Å². The second-order valence-corrected chi connectivity index (χ2v) is 1.67. The van der Waals surface area contributed by atoms with E-state index in [1.165, 1.54) is 0 Å². The molecule has 0 bridgehead atoms. The second kappa shape index (κ2) is 2.91. The van der Waals surface area contributed by atoms with E-state index in [4.69, 9.17) is 0 Å². The minimum absolute atomic E-state index is 0.0375. The van der Waals surface area contributed by atoms with E-state index in [-0.39, 0.29) is 6.29 Å². The molecule has 0 fully saturated rings. The summed E-state index contributed by atoms with van der Waals surface area (Å²) in [6.45, 7) is 0. The van der Waals surface area contributed by atoms with Crippen LogP contribution in [0, 0.1) is 0 Å². The number of allylic oxidation sites excluding steroid dienone is 2. The van der Waals surface area contributed by atoms with Gasteiger partial charge in [0, 0.05) is 0 Å². The molecule has 0 rings (SSSR count). The number of hydrogen-bond acceptors (Lipinski definition) is 2. The number of rotatable bonds is 1. The Hall–Kier alpha value is -0.450. The van der Waals surface area contributed by atoms with Crippen LogP contribution in [-0.2, 0) is 4.79 Å². The van der Waals surface area contributed by atoms with Gasteiger partial charge in [0.15, 0.2) is 0 Å². The van der Waals surface area contributed by atoms with Gasteiger partial charge < -0.3 is 0 Å². The summed E-state index contributed by atoms with van der Waals surface area (Å²) in [5.41, 5.74) is 0. The number of halogens is 3. The van der Waals surface area contributed by atoms with Crippen LogP contribution in [0.3, 0.4) is 0 Å². The third-order valence-corrected chi connectivity index (χ3v) is 0.919. The average Bonchev–Trinajstić information content (AvgIpc) is 1.64. The molecule has 0 saturated heterocycles. The quantitative estimate of drug-likeness (QED) is 0.346. The lowest BCUT2D eigenvalue weighted by Gasteiger charge is -2.01. The number of aldehydes is 1. The van der Waals surface area contributed by atoms with E-state index < -0.39 is 11.1 Å². The monoisotopic (exact) mass is 156 g/mol. The zero-order chi connectivity index (χ0) is 7.49. The molecule has 1 nitrogen and oxygen atoms in total. The van der Waals surface area contributed by atoms with Gasteiger partial charge in [0.1, 0.15) is 6.29 Å². The molecule has 0 radical (unpaired) electrons. The van der Waals surface area contributed by atoms with Crippen LogP contribution in [0.2, 0.25) is 0 Å². The Kier molecular flexibility index (Phi) is 2.76. The molecular weight excluding hydrogens is 153 g/mol. The van der Waals surface area contributed by atoms with E-state index in [9.17, 15) is 18.0 Å². The number of thiol groups is 1. The van der Waals surface area contributed by atoms with Crippen LogP contribution in [0.1, 0.15) is 0 Å². The highest BCUT2D eigenvalue weighted by molar-refractivity contribution is 7.84. The Morgan fingerprint density at radius 1 is 1.44 bits per heavy atom. The molecule has 0 aliphatic carbocycles. The highest BCUT2D eigenvalue weighted by Gasteiger charge is 2.30. The highest BCUT2D eigenvalue weighted by Crippen LogP contribution is 2.27. The topological polar surface area (TPSA) is 17.1 Å². The molecule has 0 unspecified atom stereocenters. The van der Waals surface area contributed by atoms with Crippen LogP contribution in [0.4, 0.5) is 13.2 Å². The average molecular weight is 156 g/mol. The molecule has 0 saturated carbocycles. The minimum atomic E-state index is -4.50. The van der Waals surface area contributed by atoms with Crippen molar-refractivity contribution in [3.63, 3.8) is 0 Å². The molecule has 0 aromatic rings. The number of carbonyl (C=O) groups is 1. The van der Waals surface area contributed by atoms with Gasteiger partial charge in [0.05, 0.1) is 4.91 Å². The maximum Gasteiger partial charge on any atom is 0.422 e. The van der Waals surface area contributed by atoms with Gasteiger partial charge in [-0.2, -0.15) is 13.2 Å². The SMILES string of the molecule is O=CC=C(S)C(F)(F)F. The van der Waals surface area contributed by atoms with Crippen molar-refractivity contribution in [3.05, 3.63) is 11.0 Å². The summed E-state index contributed by atoms with van der Waals surface area (Å²) in [4.78, 5) is 8.25. The summed E-state index contributed by atoms with van der Waals surface area (Å²) in [7, 11) is 0. The van der Waals surface area contributed by atoms with Crippen LogP contribution in [-0.4, -0.2) is 12.5 Å².